The van der Waals surface area contributed by atoms with Crippen LogP contribution in [0.15, 0.2) is 18.2 Å². The van der Waals surface area contributed by atoms with Gasteiger partial charge in [-0.1, -0.05) is 6.07 Å². The number of amides is 1. The van der Waals surface area contributed by atoms with Crippen LogP contribution in [0.1, 0.15) is 28.8 Å². The van der Waals surface area contributed by atoms with Gasteiger partial charge in [0, 0.05) is 24.7 Å². The molecule has 0 radical (unpaired) electrons. The summed E-state index contributed by atoms with van der Waals surface area (Å²) in [6, 6.07) is 4.92. The maximum Gasteiger partial charge on any atom is 0.253 e. The number of hydrogen-bond acceptors (Lipinski definition) is 2. The van der Waals surface area contributed by atoms with Gasteiger partial charge in [-0.2, -0.15) is 0 Å². The number of rotatable bonds is 1. The van der Waals surface area contributed by atoms with Crippen LogP contribution in [0.4, 0.5) is 4.39 Å². The van der Waals surface area contributed by atoms with Crippen molar-refractivity contribution in [1.82, 2.24) is 4.90 Å². The first-order chi connectivity index (χ1) is 9.06. The molecule has 3 atom stereocenters. The molecular weight excluding hydrogens is 243 g/mol. The Morgan fingerprint density at radius 1 is 1.37 bits per heavy atom. The van der Waals surface area contributed by atoms with E-state index >= 15 is 0 Å². The minimum atomic E-state index is -0.318. The van der Waals surface area contributed by atoms with E-state index in [1.807, 2.05) is 4.90 Å². The van der Waals surface area contributed by atoms with Gasteiger partial charge in [-0.25, -0.2) is 4.39 Å². The molecular formula is C15H19FN2O. The van der Waals surface area contributed by atoms with Crippen molar-refractivity contribution in [2.45, 2.75) is 25.8 Å². The molecule has 1 saturated heterocycles. The maximum atomic E-state index is 13.5. The van der Waals surface area contributed by atoms with E-state index in [9.17, 15) is 9.18 Å². The number of likely N-dealkylation sites (tertiary alicyclic amines) is 1. The standard InChI is InChI=1S/C15H19FN2O/c1-9-2-3-10(6-13(9)16)15(19)18-7-11-4-5-14(17)12(11)8-18/h2-3,6,11-12,14H,4-5,7-8,17H2,1H3. The van der Waals surface area contributed by atoms with Gasteiger partial charge in [0.2, 0.25) is 0 Å². The van der Waals surface area contributed by atoms with Gasteiger partial charge in [0.15, 0.2) is 0 Å². The Hall–Kier alpha value is -1.42. The van der Waals surface area contributed by atoms with Gasteiger partial charge < -0.3 is 10.6 Å². The molecule has 2 N–H and O–H groups in total. The molecule has 3 nitrogen and oxygen atoms in total. The maximum absolute atomic E-state index is 13.5. The van der Waals surface area contributed by atoms with E-state index in [1.54, 1.807) is 19.1 Å². The van der Waals surface area contributed by atoms with Gasteiger partial charge in [0.1, 0.15) is 5.82 Å². The fourth-order valence-electron chi connectivity index (χ4n) is 3.38. The van der Waals surface area contributed by atoms with E-state index in [0.717, 1.165) is 25.9 Å². The minimum Gasteiger partial charge on any atom is -0.338 e. The Balaban J connectivity index is 1.76. The predicted octanol–water partition coefficient (Wildman–Crippen LogP) is 1.94. The summed E-state index contributed by atoms with van der Waals surface area (Å²) in [4.78, 5) is 14.2. The number of halogens is 1. The molecule has 102 valence electrons. The Labute approximate surface area is 112 Å². The van der Waals surface area contributed by atoms with Crippen LogP contribution in [0.5, 0.6) is 0 Å². The van der Waals surface area contributed by atoms with Crippen molar-refractivity contribution in [2.75, 3.05) is 13.1 Å². The van der Waals surface area contributed by atoms with Gasteiger partial charge in [0.25, 0.3) is 5.91 Å². The van der Waals surface area contributed by atoms with Gasteiger partial charge in [-0.05, 0) is 49.3 Å². The number of carbonyl (C=O) groups excluding carboxylic acids is 1. The average Bonchev–Trinajstić information content (AvgIpc) is 2.95. The second-order valence-corrected chi connectivity index (χ2v) is 5.84. The molecule has 1 aromatic carbocycles. The largest absolute Gasteiger partial charge is 0.338 e. The van der Waals surface area contributed by atoms with E-state index in [4.69, 9.17) is 5.73 Å². The van der Waals surface area contributed by atoms with Crippen LogP contribution in [0.3, 0.4) is 0 Å². The molecule has 19 heavy (non-hydrogen) atoms. The van der Waals surface area contributed by atoms with Crippen LogP contribution in [-0.2, 0) is 0 Å². The zero-order valence-corrected chi connectivity index (χ0v) is 11.1. The van der Waals surface area contributed by atoms with Crippen molar-refractivity contribution in [2.24, 2.45) is 17.6 Å². The molecule has 2 aliphatic rings. The normalized spacial score (nSPS) is 29.6. The smallest absolute Gasteiger partial charge is 0.253 e. The van der Waals surface area contributed by atoms with E-state index in [1.165, 1.54) is 6.07 Å². The highest BCUT2D eigenvalue weighted by Gasteiger charge is 2.42. The summed E-state index contributed by atoms with van der Waals surface area (Å²) in [5, 5.41) is 0. The molecule has 1 heterocycles. The third-order valence-electron chi connectivity index (χ3n) is 4.62. The van der Waals surface area contributed by atoms with Crippen LogP contribution in [-0.4, -0.2) is 29.9 Å². The van der Waals surface area contributed by atoms with Crippen LogP contribution >= 0.6 is 0 Å². The zero-order chi connectivity index (χ0) is 13.6. The van der Waals surface area contributed by atoms with Crippen molar-refractivity contribution in [3.8, 4) is 0 Å². The van der Waals surface area contributed by atoms with Gasteiger partial charge in [0.05, 0.1) is 0 Å². The average molecular weight is 262 g/mol. The first kappa shape index (κ1) is 12.6. The van der Waals surface area contributed by atoms with Gasteiger partial charge >= 0.3 is 0 Å². The number of nitrogens with two attached hydrogens (primary N) is 1. The van der Waals surface area contributed by atoms with Gasteiger partial charge in [-0.3, -0.25) is 4.79 Å². The molecule has 0 aromatic heterocycles. The number of aryl methyl sites for hydroxylation is 1. The summed E-state index contributed by atoms with van der Waals surface area (Å²) < 4.78 is 13.5. The molecule has 3 rings (SSSR count). The zero-order valence-electron chi connectivity index (χ0n) is 11.1. The fourth-order valence-corrected chi connectivity index (χ4v) is 3.38. The Bertz CT molecular complexity index is 517. The second kappa shape index (κ2) is 4.60. The van der Waals surface area contributed by atoms with E-state index in [-0.39, 0.29) is 17.8 Å². The minimum absolute atomic E-state index is 0.0690. The lowest BCUT2D eigenvalue weighted by Crippen LogP contribution is -2.33. The first-order valence-corrected chi connectivity index (χ1v) is 6.87. The lowest BCUT2D eigenvalue weighted by molar-refractivity contribution is 0.0779. The Kier molecular flexibility index (Phi) is 3.05. The summed E-state index contributed by atoms with van der Waals surface area (Å²) in [7, 11) is 0. The Morgan fingerprint density at radius 2 is 2.16 bits per heavy atom. The molecule has 3 unspecified atom stereocenters. The third-order valence-corrected chi connectivity index (χ3v) is 4.62. The molecule has 4 heteroatoms. The summed E-state index contributed by atoms with van der Waals surface area (Å²) >= 11 is 0. The van der Waals surface area contributed by atoms with Crippen LogP contribution < -0.4 is 5.73 Å². The molecule has 1 saturated carbocycles. The van der Waals surface area contributed by atoms with Crippen LogP contribution in [0.25, 0.3) is 0 Å². The van der Waals surface area contributed by atoms with Gasteiger partial charge in [-0.15, -0.1) is 0 Å². The number of nitrogens with zero attached hydrogens (tertiary/aromatic N) is 1. The monoisotopic (exact) mass is 262 g/mol. The molecule has 1 amide bonds. The van der Waals surface area contributed by atoms with Crippen molar-refractivity contribution in [3.63, 3.8) is 0 Å². The quantitative estimate of drug-likeness (QED) is 0.840. The molecule has 2 fully saturated rings. The number of hydrogen-bond donors (Lipinski definition) is 1. The summed E-state index contributed by atoms with van der Waals surface area (Å²) in [5.41, 5.74) is 7.07. The van der Waals surface area contributed by atoms with Crippen molar-refractivity contribution in [1.29, 1.82) is 0 Å². The first-order valence-electron chi connectivity index (χ1n) is 6.87. The molecule has 0 spiro atoms. The van der Waals surface area contributed by atoms with Crippen molar-refractivity contribution in [3.05, 3.63) is 35.1 Å². The topological polar surface area (TPSA) is 46.3 Å². The molecule has 0 bridgehead atoms. The highest BCUT2D eigenvalue weighted by molar-refractivity contribution is 5.94. The molecule has 1 aromatic rings. The van der Waals surface area contributed by atoms with Crippen LogP contribution in [0, 0.1) is 24.6 Å². The van der Waals surface area contributed by atoms with E-state index in [2.05, 4.69) is 0 Å². The SMILES string of the molecule is Cc1ccc(C(=O)N2CC3CCC(N)C3C2)cc1F. The van der Waals surface area contributed by atoms with Crippen molar-refractivity contribution >= 4 is 5.91 Å². The van der Waals surface area contributed by atoms with E-state index in [0.29, 0.717) is 23.0 Å². The lowest BCUT2D eigenvalue weighted by atomic mass is 9.98. The lowest BCUT2D eigenvalue weighted by Gasteiger charge is -2.19. The predicted molar refractivity (Wildman–Crippen MR) is 71.2 cm³/mol. The summed E-state index contributed by atoms with van der Waals surface area (Å²) in [5.74, 6) is 0.580. The molecule has 1 aliphatic heterocycles. The summed E-state index contributed by atoms with van der Waals surface area (Å²) in [6.07, 6.45) is 2.17. The highest BCUT2D eigenvalue weighted by atomic mass is 19.1. The third kappa shape index (κ3) is 2.14. The van der Waals surface area contributed by atoms with Crippen LogP contribution in [0.2, 0.25) is 0 Å². The second-order valence-electron chi connectivity index (χ2n) is 5.84. The molecule has 1 aliphatic carbocycles. The Morgan fingerprint density at radius 3 is 2.84 bits per heavy atom. The number of fused-ring (bicyclic) bond motifs is 1. The fraction of sp³-hybridized carbons (Fsp3) is 0.533. The summed E-state index contributed by atoms with van der Waals surface area (Å²) in [6.45, 7) is 3.19. The highest BCUT2D eigenvalue weighted by Crippen LogP contribution is 2.37. The number of carbonyl (C=O) groups is 1. The van der Waals surface area contributed by atoms with E-state index < -0.39 is 0 Å². The number of benzene rings is 1. The van der Waals surface area contributed by atoms with Crippen molar-refractivity contribution < 1.29 is 9.18 Å².